The fourth-order valence-corrected chi connectivity index (χ4v) is 1.71. The zero-order chi connectivity index (χ0) is 9.97. The van der Waals surface area contributed by atoms with Crippen molar-refractivity contribution in [3.05, 3.63) is 29.6 Å². The van der Waals surface area contributed by atoms with Crippen LogP contribution in [0.25, 0.3) is 11.0 Å². The lowest BCUT2D eigenvalue weighted by atomic mass is 10.2. The van der Waals surface area contributed by atoms with E-state index in [4.69, 9.17) is 11.6 Å². The predicted molar refractivity (Wildman–Crippen MR) is 59.9 cm³/mol. The summed E-state index contributed by atoms with van der Waals surface area (Å²) in [7, 11) is 0. The van der Waals surface area contributed by atoms with Gasteiger partial charge in [-0.05, 0) is 25.0 Å². The van der Waals surface area contributed by atoms with E-state index in [1.807, 2.05) is 6.07 Å². The number of H-pyrrole nitrogens is 1. The summed E-state index contributed by atoms with van der Waals surface area (Å²) in [4.78, 5) is 7.84. The van der Waals surface area contributed by atoms with Crippen LogP contribution in [-0.2, 0) is 6.42 Å². The Hall–Kier alpha value is -1.02. The van der Waals surface area contributed by atoms with Crippen LogP contribution in [0.2, 0.25) is 0 Å². The van der Waals surface area contributed by atoms with Crippen molar-refractivity contribution >= 4 is 22.6 Å². The van der Waals surface area contributed by atoms with E-state index in [1.54, 1.807) is 0 Å². The molecular weight excluding hydrogens is 196 g/mol. The molecule has 0 radical (unpaired) electrons. The molecule has 1 aromatic carbocycles. The molecule has 0 aliphatic heterocycles. The lowest BCUT2D eigenvalue weighted by Gasteiger charge is -1.90. The van der Waals surface area contributed by atoms with Gasteiger partial charge >= 0.3 is 0 Å². The monoisotopic (exact) mass is 208 g/mol. The molecule has 0 bridgehead atoms. The number of para-hydroxylation sites is 1. The molecule has 0 saturated heterocycles. The molecule has 0 aliphatic carbocycles. The second-order valence-corrected chi connectivity index (χ2v) is 3.83. The number of nitrogens with zero attached hydrogens (tertiary/aromatic N) is 1. The van der Waals surface area contributed by atoms with E-state index in [0.29, 0.717) is 5.88 Å². The number of nitrogens with one attached hydrogen (secondary N) is 1. The highest BCUT2D eigenvalue weighted by Crippen LogP contribution is 2.15. The van der Waals surface area contributed by atoms with Crippen LogP contribution in [0, 0.1) is 6.92 Å². The van der Waals surface area contributed by atoms with Gasteiger partial charge in [-0.2, -0.15) is 0 Å². The van der Waals surface area contributed by atoms with Crippen LogP contribution in [-0.4, -0.2) is 15.8 Å². The van der Waals surface area contributed by atoms with E-state index in [-0.39, 0.29) is 0 Å². The third-order valence-electron chi connectivity index (χ3n) is 2.31. The largest absolute Gasteiger partial charge is 0.342 e. The van der Waals surface area contributed by atoms with Gasteiger partial charge in [0.1, 0.15) is 5.82 Å². The van der Waals surface area contributed by atoms with Crippen LogP contribution in [0.3, 0.4) is 0 Å². The van der Waals surface area contributed by atoms with E-state index in [9.17, 15) is 0 Å². The van der Waals surface area contributed by atoms with Gasteiger partial charge in [0.05, 0.1) is 11.0 Å². The normalized spacial score (nSPS) is 11.0. The summed E-state index contributed by atoms with van der Waals surface area (Å²) in [5.41, 5.74) is 3.42. The molecule has 0 atom stereocenters. The number of fused-ring (bicyclic) bond motifs is 1. The number of aryl methyl sites for hydroxylation is 2. The van der Waals surface area contributed by atoms with Crippen molar-refractivity contribution in [2.45, 2.75) is 19.8 Å². The fourth-order valence-electron chi connectivity index (χ4n) is 1.58. The van der Waals surface area contributed by atoms with Crippen molar-refractivity contribution < 1.29 is 0 Å². The third-order valence-corrected chi connectivity index (χ3v) is 2.58. The summed E-state index contributed by atoms with van der Waals surface area (Å²) in [6.07, 6.45) is 1.90. The quantitative estimate of drug-likeness (QED) is 0.772. The molecule has 0 amide bonds. The molecule has 0 unspecified atom stereocenters. The van der Waals surface area contributed by atoms with Gasteiger partial charge in [-0.3, -0.25) is 0 Å². The lowest BCUT2D eigenvalue weighted by molar-refractivity contribution is 0.866. The smallest absolute Gasteiger partial charge is 0.107 e. The van der Waals surface area contributed by atoms with Gasteiger partial charge in [0.15, 0.2) is 0 Å². The first-order valence-corrected chi connectivity index (χ1v) is 5.35. The zero-order valence-corrected chi connectivity index (χ0v) is 8.93. The summed E-state index contributed by atoms with van der Waals surface area (Å²) in [5.74, 6) is 1.73. The van der Waals surface area contributed by atoms with Gasteiger partial charge in [0.2, 0.25) is 0 Å². The van der Waals surface area contributed by atoms with Crippen LogP contribution >= 0.6 is 11.6 Å². The van der Waals surface area contributed by atoms with Crippen LogP contribution in [0.1, 0.15) is 17.8 Å². The highest BCUT2D eigenvalue weighted by molar-refractivity contribution is 6.17. The molecule has 0 saturated carbocycles. The maximum Gasteiger partial charge on any atom is 0.107 e. The summed E-state index contributed by atoms with van der Waals surface area (Å²) < 4.78 is 0. The number of hydrogen-bond donors (Lipinski definition) is 1. The molecule has 1 N–H and O–H groups in total. The second-order valence-electron chi connectivity index (χ2n) is 3.45. The molecule has 2 aromatic rings. The molecule has 2 nitrogen and oxygen atoms in total. The summed E-state index contributed by atoms with van der Waals surface area (Å²) in [6.45, 7) is 2.08. The number of aromatic nitrogens is 2. The Morgan fingerprint density at radius 1 is 1.43 bits per heavy atom. The van der Waals surface area contributed by atoms with Gasteiger partial charge in [-0.1, -0.05) is 12.1 Å². The number of rotatable bonds is 3. The van der Waals surface area contributed by atoms with E-state index in [0.717, 1.165) is 29.7 Å². The standard InChI is InChI=1S/C11H13ClN2/c1-8-4-2-5-9-11(8)14-10(13-9)6-3-7-12/h2,4-5H,3,6-7H2,1H3,(H,13,14). The van der Waals surface area contributed by atoms with E-state index >= 15 is 0 Å². The van der Waals surface area contributed by atoms with Crippen molar-refractivity contribution in [2.24, 2.45) is 0 Å². The first kappa shape index (κ1) is 9.53. The van der Waals surface area contributed by atoms with E-state index in [1.165, 1.54) is 5.56 Å². The van der Waals surface area contributed by atoms with Gasteiger partial charge in [0, 0.05) is 12.3 Å². The van der Waals surface area contributed by atoms with E-state index in [2.05, 4.69) is 29.0 Å². The van der Waals surface area contributed by atoms with Gasteiger partial charge in [-0.25, -0.2) is 4.98 Å². The summed E-state index contributed by atoms with van der Waals surface area (Å²) in [5, 5.41) is 0. The maximum atomic E-state index is 5.64. The van der Waals surface area contributed by atoms with Crippen LogP contribution in [0.15, 0.2) is 18.2 Å². The molecule has 3 heteroatoms. The minimum Gasteiger partial charge on any atom is -0.342 e. The highest BCUT2D eigenvalue weighted by atomic mass is 35.5. The fraction of sp³-hybridized carbons (Fsp3) is 0.364. The molecule has 0 fully saturated rings. The molecule has 14 heavy (non-hydrogen) atoms. The molecule has 2 rings (SSSR count). The Kier molecular flexibility index (Phi) is 2.73. The van der Waals surface area contributed by atoms with Gasteiger partial charge in [0.25, 0.3) is 0 Å². The maximum absolute atomic E-state index is 5.64. The van der Waals surface area contributed by atoms with Crippen LogP contribution in [0.4, 0.5) is 0 Å². The Morgan fingerprint density at radius 2 is 2.29 bits per heavy atom. The molecular formula is C11H13ClN2. The predicted octanol–water partition coefficient (Wildman–Crippen LogP) is 3.04. The van der Waals surface area contributed by atoms with Crippen molar-refractivity contribution in [1.82, 2.24) is 9.97 Å². The first-order valence-electron chi connectivity index (χ1n) is 4.81. The molecule has 1 aromatic heterocycles. The molecule has 74 valence electrons. The van der Waals surface area contributed by atoms with Crippen molar-refractivity contribution in [2.75, 3.05) is 5.88 Å². The Labute approximate surface area is 88.3 Å². The Morgan fingerprint density at radius 3 is 3.00 bits per heavy atom. The lowest BCUT2D eigenvalue weighted by Crippen LogP contribution is -1.88. The van der Waals surface area contributed by atoms with E-state index < -0.39 is 0 Å². The van der Waals surface area contributed by atoms with Crippen LogP contribution < -0.4 is 0 Å². The molecule has 1 heterocycles. The summed E-state index contributed by atoms with van der Waals surface area (Å²) in [6, 6.07) is 6.18. The second kappa shape index (κ2) is 4.01. The Balaban J connectivity index is 2.36. The SMILES string of the molecule is Cc1cccc2[nH]c(CCCCl)nc12. The number of aromatic amines is 1. The number of halogens is 1. The number of benzene rings is 1. The van der Waals surface area contributed by atoms with Crippen LogP contribution in [0.5, 0.6) is 0 Å². The van der Waals surface area contributed by atoms with Gasteiger partial charge in [-0.15, -0.1) is 11.6 Å². The van der Waals surface area contributed by atoms with Crippen molar-refractivity contribution in [3.63, 3.8) is 0 Å². The number of imidazole rings is 1. The van der Waals surface area contributed by atoms with Crippen molar-refractivity contribution in [3.8, 4) is 0 Å². The summed E-state index contributed by atoms with van der Waals surface area (Å²) >= 11 is 5.64. The molecule has 0 aliphatic rings. The highest BCUT2D eigenvalue weighted by Gasteiger charge is 2.03. The Bertz CT molecular complexity index is 434. The number of hydrogen-bond acceptors (Lipinski definition) is 1. The zero-order valence-electron chi connectivity index (χ0n) is 8.18. The average Bonchev–Trinajstić information content (AvgIpc) is 2.59. The molecule has 0 spiro atoms. The minimum atomic E-state index is 0.691. The van der Waals surface area contributed by atoms with Gasteiger partial charge < -0.3 is 4.98 Å². The average molecular weight is 209 g/mol. The third kappa shape index (κ3) is 1.75. The first-order chi connectivity index (χ1) is 6.81. The topological polar surface area (TPSA) is 28.7 Å². The van der Waals surface area contributed by atoms with Crippen molar-refractivity contribution in [1.29, 1.82) is 0 Å². The minimum absolute atomic E-state index is 0.691. The number of alkyl halides is 1.